The Morgan fingerprint density at radius 1 is 1.30 bits per heavy atom. The lowest BCUT2D eigenvalue weighted by molar-refractivity contribution is 0.287. The molecule has 0 aromatic heterocycles. The number of aliphatic imine (C=N–C) groups is 1. The molecule has 1 aliphatic rings. The van der Waals surface area contributed by atoms with Crippen LogP contribution in [0.25, 0.3) is 0 Å². The van der Waals surface area contributed by atoms with Gasteiger partial charge in [0.25, 0.3) is 0 Å². The normalized spacial score (nSPS) is 17.3. The molecule has 128 valence electrons. The molecule has 1 aromatic rings. The number of nitrogens with zero attached hydrogens (tertiary/aromatic N) is 2. The number of rotatable bonds is 6. The summed E-state index contributed by atoms with van der Waals surface area (Å²) < 4.78 is 5.52. The van der Waals surface area contributed by atoms with Crippen LogP contribution in [0, 0.1) is 0 Å². The largest absolute Gasteiger partial charge is 0.496 e. The van der Waals surface area contributed by atoms with Gasteiger partial charge in [0.15, 0.2) is 5.96 Å². The average molecular weight is 318 g/mol. The van der Waals surface area contributed by atoms with Crippen molar-refractivity contribution in [2.45, 2.75) is 37.8 Å². The highest BCUT2D eigenvalue weighted by atomic mass is 16.5. The van der Waals surface area contributed by atoms with Gasteiger partial charge in [-0.3, -0.25) is 4.99 Å². The van der Waals surface area contributed by atoms with Gasteiger partial charge >= 0.3 is 0 Å². The van der Waals surface area contributed by atoms with Gasteiger partial charge in [-0.1, -0.05) is 31.0 Å². The molecule has 0 aliphatic heterocycles. The number of benzene rings is 1. The molecule has 2 N–H and O–H groups in total. The van der Waals surface area contributed by atoms with E-state index in [9.17, 15) is 0 Å². The van der Waals surface area contributed by atoms with Crippen molar-refractivity contribution in [2.75, 3.05) is 34.8 Å². The van der Waals surface area contributed by atoms with Gasteiger partial charge < -0.3 is 20.3 Å². The second-order valence-corrected chi connectivity index (χ2v) is 6.30. The molecule has 0 radical (unpaired) electrons. The molecule has 1 aliphatic carbocycles. The molecule has 0 spiro atoms. The lowest BCUT2D eigenvalue weighted by Crippen LogP contribution is -2.45. The van der Waals surface area contributed by atoms with Crippen LogP contribution >= 0.6 is 0 Å². The lowest BCUT2D eigenvalue weighted by atomic mass is 10.0. The zero-order valence-corrected chi connectivity index (χ0v) is 14.8. The number of nitrogens with one attached hydrogen (secondary N) is 2. The zero-order chi connectivity index (χ0) is 16.7. The summed E-state index contributed by atoms with van der Waals surface area (Å²) >= 11 is 0. The van der Waals surface area contributed by atoms with Gasteiger partial charge in [-0.05, 0) is 33.0 Å². The molecule has 1 fully saturated rings. The fourth-order valence-corrected chi connectivity index (χ4v) is 3.16. The molecule has 0 amide bonds. The summed E-state index contributed by atoms with van der Waals surface area (Å²) in [6.07, 6.45) is 5.11. The molecule has 5 heteroatoms. The zero-order valence-electron chi connectivity index (χ0n) is 14.8. The molecular formula is C18H30N4O. The van der Waals surface area contributed by atoms with Crippen molar-refractivity contribution in [1.82, 2.24) is 15.5 Å². The van der Waals surface area contributed by atoms with E-state index in [1.54, 1.807) is 7.11 Å². The van der Waals surface area contributed by atoms with Crippen molar-refractivity contribution in [3.8, 4) is 5.75 Å². The second kappa shape index (κ2) is 8.77. The number of hydrogen-bond donors (Lipinski definition) is 2. The van der Waals surface area contributed by atoms with Gasteiger partial charge in [0.2, 0.25) is 0 Å². The molecular weight excluding hydrogens is 288 g/mol. The smallest absolute Gasteiger partial charge is 0.191 e. The highest BCUT2D eigenvalue weighted by molar-refractivity contribution is 5.80. The molecule has 5 nitrogen and oxygen atoms in total. The van der Waals surface area contributed by atoms with Crippen LogP contribution in [0.15, 0.2) is 29.3 Å². The van der Waals surface area contributed by atoms with Crippen molar-refractivity contribution in [1.29, 1.82) is 0 Å². The van der Waals surface area contributed by atoms with Gasteiger partial charge in [0, 0.05) is 25.2 Å². The van der Waals surface area contributed by atoms with Crippen molar-refractivity contribution < 1.29 is 4.74 Å². The van der Waals surface area contributed by atoms with E-state index in [0.717, 1.165) is 18.3 Å². The number of methoxy groups -OCH3 is 1. The summed E-state index contributed by atoms with van der Waals surface area (Å²) in [5.74, 6) is 1.81. The fraction of sp³-hybridized carbons (Fsp3) is 0.611. The highest BCUT2D eigenvalue weighted by Gasteiger charge is 2.20. The molecule has 0 heterocycles. The minimum absolute atomic E-state index is 0.216. The molecule has 23 heavy (non-hydrogen) atoms. The van der Waals surface area contributed by atoms with E-state index < -0.39 is 0 Å². The quantitative estimate of drug-likeness (QED) is 0.625. The minimum Gasteiger partial charge on any atom is -0.496 e. The van der Waals surface area contributed by atoms with E-state index in [4.69, 9.17) is 4.74 Å². The summed E-state index contributed by atoms with van der Waals surface area (Å²) in [6.45, 7) is 0.778. The summed E-state index contributed by atoms with van der Waals surface area (Å²) in [4.78, 5) is 6.57. The topological polar surface area (TPSA) is 48.9 Å². The maximum Gasteiger partial charge on any atom is 0.191 e. The maximum atomic E-state index is 5.52. The third kappa shape index (κ3) is 4.86. The van der Waals surface area contributed by atoms with Crippen molar-refractivity contribution in [3.05, 3.63) is 29.8 Å². The first-order valence-electron chi connectivity index (χ1n) is 8.42. The van der Waals surface area contributed by atoms with Crippen molar-refractivity contribution in [3.63, 3.8) is 0 Å². The molecule has 1 atom stereocenters. The summed E-state index contributed by atoms with van der Waals surface area (Å²) in [5, 5.41) is 7.00. The average Bonchev–Trinajstić information content (AvgIpc) is 3.07. The Hall–Kier alpha value is -1.75. The first-order valence-corrected chi connectivity index (χ1v) is 8.42. The summed E-state index contributed by atoms with van der Waals surface area (Å²) in [6, 6.07) is 8.97. The Morgan fingerprint density at radius 3 is 2.61 bits per heavy atom. The van der Waals surface area contributed by atoms with Crippen LogP contribution < -0.4 is 15.4 Å². The molecule has 0 bridgehead atoms. The molecule has 1 saturated carbocycles. The van der Waals surface area contributed by atoms with Gasteiger partial charge in [0.1, 0.15) is 5.75 Å². The maximum absolute atomic E-state index is 5.52. The van der Waals surface area contributed by atoms with Crippen LogP contribution in [0.5, 0.6) is 5.75 Å². The number of likely N-dealkylation sites (N-methyl/N-ethyl adjacent to an activating group) is 1. The van der Waals surface area contributed by atoms with Crippen LogP contribution in [-0.2, 0) is 0 Å². The molecule has 1 unspecified atom stereocenters. The Bertz CT molecular complexity index is 509. The van der Waals surface area contributed by atoms with Gasteiger partial charge in [-0.15, -0.1) is 0 Å². The standard InChI is InChI=1S/C18H30N4O/c1-19-18(21-14-9-5-6-10-14)20-13-16(22(2)3)15-11-7-8-12-17(15)23-4/h7-8,11-12,14,16H,5-6,9-10,13H2,1-4H3,(H2,19,20,21). The Morgan fingerprint density at radius 2 is 2.00 bits per heavy atom. The van der Waals surface area contributed by atoms with Crippen molar-refractivity contribution in [2.24, 2.45) is 4.99 Å². The predicted molar refractivity (Wildman–Crippen MR) is 96.2 cm³/mol. The van der Waals surface area contributed by atoms with Crippen molar-refractivity contribution >= 4 is 5.96 Å². The van der Waals surface area contributed by atoms with E-state index in [0.29, 0.717) is 6.04 Å². The highest BCUT2D eigenvalue weighted by Crippen LogP contribution is 2.27. The third-order valence-electron chi connectivity index (χ3n) is 4.50. The Labute approximate surface area is 140 Å². The van der Waals surface area contributed by atoms with Crippen LogP contribution in [0.2, 0.25) is 0 Å². The van der Waals surface area contributed by atoms with E-state index in [-0.39, 0.29) is 6.04 Å². The lowest BCUT2D eigenvalue weighted by Gasteiger charge is -2.27. The van der Waals surface area contributed by atoms with E-state index in [2.05, 4.69) is 46.8 Å². The number of ether oxygens (including phenoxy) is 1. The number of guanidine groups is 1. The third-order valence-corrected chi connectivity index (χ3v) is 4.50. The van der Waals surface area contributed by atoms with Crippen LogP contribution in [-0.4, -0.2) is 51.7 Å². The molecule has 0 saturated heterocycles. The van der Waals surface area contributed by atoms with Gasteiger partial charge in [-0.25, -0.2) is 0 Å². The SMILES string of the molecule is CN=C(NCC(c1ccccc1OC)N(C)C)NC1CCCC1. The van der Waals surface area contributed by atoms with Gasteiger partial charge in [-0.2, -0.15) is 0 Å². The fourth-order valence-electron chi connectivity index (χ4n) is 3.16. The van der Waals surface area contributed by atoms with E-state index in [1.165, 1.54) is 31.2 Å². The number of hydrogen-bond acceptors (Lipinski definition) is 3. The Kier molecular flexibility index (Phi) is 6.71. The van der Waals surface area contributed by atoms with E-state index >= 15 is 0 Å². The molecule has 2 rings (SSSR count). The van der Waals surface area contributed by atoms with Crippen LogP contribution in [0.4, 0.5) is 0 Å². The minimum atomic E-state index is 0.216. The molecule has 1 aromatic carbocycles. The first kappa shape index (κ1) is 17.6. The number of para-hydroxylation sites is 1. The van der Waals surface area contributed by atoms with Gasteiger partial charge in [0.05, 0.1) is 13.2 Å². The first-order chi connectivity index (χ1) is 11.2. The van der Waals surface area contributed by atoms with E-state index in [1.807, 2.05) is 19.2 Å². The summed E-state index contributed by atoms with van der Waals surface area (Å²) in [7, 11) is 7.73. The summed E-state index contributed by atoms with van der Waals surface area (Å²) in [5.41, 5.74) is 1.18. The van der Waals surface area contributed by atoms with Crippen LogP contribution in [0.3, 0.4) is 0 Å². The monoisotopic (exact) mass is 318 g/mol. The predicted octanol–water partition coefficient (Wildman–Crippen LogP) is 2.41. The Balaban J connectivity index is 2.01. The second-order valence-electron chi connectivity index (χ2n) is 6.30. The van der Waals surface area contributed by atoms with Crippen LogP contribution in [0.1, 0.15) is 37.3 Å².